The first-order chi connectivity index (χ1) is 13.0. The van der Waals surface area contributed by atoms with Gasteiger partial charge in [0.15, 0.2) is 0 Å². The maximum absolute atomic E-state index is 14.2. The van der Waals surface area contributed by atoms with Gasteiger partial charge < -0.3 is 9.80 Å². The van der Waals surface area contributed by atoms with Crippen LogP contribution in [0.15, 0.2) is 42.5 Å². The molecule has 140 valence electrons. The first-order valence-electron chi connectivity index (χ1n) is 9.26. The molecule has 1 saturated heterocycles. The number of hydrogen-bond donors (Lipinski definition) is 0. The number of nitrogens with zero attached hydrogens (tertiary/aromatic N) is 3. The number of anilines is 1. The smallest absolute Gasteiger partial charge is 0.242 e. The van der Waals surface area contributed by atoms with Crippen LogP contribution in [0.1, 0.15) is 30.5 Å². The summed E-state index contributed by atoms with van der Waals surface area (Å²) in [6.07, 6.45) is 1.05. The summed E-state index contributed by atoms with van der Waals surface area (Å²) in [6, 6.07) is 14.7. The van der Waals surface area contributed by atoms with Crippen molar-refractivity contribution in [3.63, 3.8) is 0 Å². The minimum atomic E-state index is -0.462. The number of hydrogen-bond acceptors (Lipinski definition) is 3. The minimum absolute atomic E-state index is 0.0173. The molecule has 0 bridgehead atoms. The summed E-state index contributed by atoms with van der Waals surface area (Å²) in [5.41, 5.74) is 3.07. The van der Waals surface area contributed by atoms with Crippen LogP contribution in [0, 0.1) is 23.1 Å². The maximum atomic E-state index is 14.2. The van der Waals surface area contributed by atoms with Crippen molar-refractivity contribution in [1.82, 2.24) is 4.90 Å². The first-order valence-corrected chi connectivity index (χ1v) is 9.26. The lowest BCUT2D eigenvalue weighted by molar-refractivity contribution is -0.131. The standard InChI is InChI=1S/C22H24FN3O/c1-16(2)11-17-3-5-18(6-4-17)14-26-10-9-25(15-22(26)27)21-8-7-19(13-24)12-20(21)23/h3-8,12,16H,9-11,14-15H2,1-2H3. The molecule has 0 atom stereocenters. The molecule has 0 saturated carbocycles. The van der Waals surface area contributed by atoms with E-state index in [1.807, 2.05) is 11.0 Å². The first kappa shape index (κ1) is 18.9. The van der Waals surface area contributed by atoms with E-state index in [4.69, 9.17) is 5.26 Å². The molecule has 5 heteroatoms. The highest BCUT2D eigenvalue weighted by atomic mass is 19.1. The van der Waals surface area contributed by atoms with Gasteiger partial charge in [-0.25, -0.2) is 4.39 Å². The third kappa shape index (κ3) is 4.65. The Balaban J connectivity index is 1.62. The lowest BCUT2D eigenvalue weighted by atomic mass is 10.0. The number of carbonyl (C=O) groups is 1. The van der Waals surface area contributed by atoms with Crippen molar-refractivity contribution in [2.45, 2.75) is 26.8 Å². The Hall–Kier alpha value is -2.87. The molecule has 27 heavy (non-hydrogen) atoms. The monoisotopic (exact) mass is 365 g/mol. The summed E-state index contributed by atoms with van der Waals surface area (Å²) in [7, 11) is 0. The number of piperazine rings is 1. The van der Waals surface area contributed by atoms with Gasteiger partial charge in [-0.15, -0.1) is 0 Å². The van der Waals surface area contributed by atoms with Crippen molar-refractivity contribution in [3.05, 3.63) is 65.0 Å². The fourth-order valence-electron chi connectivity index (χ4n) is 3.39. The van der Waals surface area contributed by atoms with Crippen molar-refractivity contribution in [3.8, 4) is 6.07 Å². The average molecular weight is 365 g/mol. The molecule has 2 aromatic carbocycles. The molecule has 0 radical (unpaired) electrons. The maximum Gasteiger partial charge on any atom is 0.242 e. The highest BCUT2D eigenvalue weighted by Gasteiger charge is 2.25. The number of rotatable bonds is 5. The predicted molar refractivity (Wildman–Crippen MR) is 104 cm³/mol. The number of amides is 1. The normalized spacial score (nSPS) is 14.6. The average Bonchev–Trinajstić information content (AvgIpc) is 2.64. The molecular formula is C22H24FN3O. The molecule has 1 amide bonds. The molecule has 1 heterocycles. The van der Waals surface area contributed by atoms with Crippen molar-refractivity contribution in [1.29, 1.82) is 5.26 Å². The molecule has 2 aromatic rings. The van der Waals surface area contributed by atoms with Crippen LogP contribution in [0.2, 0.25) is 0 Å². The van der Waals surface area contributed by atoms with Crippen molar-refractivity contribution >= 4 is 11.6 Å². The van der Waals surface area contributed by atoms with Gasteiger partial charge in [-0.05, 0) is 41.7 Å². The van der Waals surface area contributed by atoms with Crippen molar-refractivity contribution < 1.29 is 9.18 Å². The van der Waals surface area contributed by atoms with E-state index in [2.05, 4.69) is 38.1 Å². The zero-order valence-corrected chi connectivity index (χ0v) is 15.8. The molecule has 1 aliphatic rings. The number of nitriles is 1. The second kappa shape index (κ2) is 8.22. The van der Waals surface area contributed by atoms with E-state index < -0.39 is 5.82 Å². The molecule has 4 nitrogen and oxygen atoms in total. The van der Waals surface area contributed by atoms with E-state index in [-0.39, 0.29) is 18.0 Å². The van der Waals surface area contributed by atoms with E-state index in [9.17, 15) is 9.18 Å². The number of benzene rings is 2. The van der Waals surface area contributed by atoms with E-state index in [1.54, 1.807) is 17.0 Å². The molecule has 0 aromatic heterocycles. The molecule has 0 spiro atoms. The van der Waals surface area contributed by atoms with Crippen molar-refractivity contribution in [2.24, 2.45) is 5.92 Å². The van der Waals surface area contributed by atoms with Gasteiger partial charge in [-0.1, -0.05) is 38.1 Å². The van der Waals surface area contributed by atoms with E-state index in [1.165, 1.54) is 11.6 Å². The summed E-state index contributed by atoms with van der Waals surface area (Å²) in [6.45, 7) is 6.23. The van der Waals surface area contributed by atoms with Crippen LogP contribution in [0.4, 0.5) is 10.1 Å². The Bertz CT molecular complexity index is 855. The van der Waals surface area contributed by atoms with Gasteiger partial charge >= 0.3 is 0 Å². The Morgan fingerprint density at radius 2 is 1.81 bits per heavy atom. The van der Waals surface area contributed by atoms with Crippen molar-refractivity contribution in [2.75, 3.05) is 24.5 Å². The second-order valence-corrected chi connectivity index (χ2v) is 7.43. The van der Waals surface area contributed by atoms with Gasteiger partial charge in [0.25, 0.3) is 0 Å². The molecule has 0 unspecified atom stereocenters. The quantitative estimate of drug-likeness (QED) is 0.811. The van der Waals surface area contributed by atoms with Crippen LogP contribution in [-0.2, 0) is 17.8 Å². The van der Waals surface area contributed by atoms with Gasteiger partial charge in [0.1, 0.15) is 5.82 Å². The zero-order chi connectivity index (χ0) is 19.4. The van der Waals surface area contributed by atoms with E-state index in [0.717, 1.165) is 12.0 Å². The fraction of sp³-hybridized carbons (Fsp3) is 0.364. The van der Waals surface area contributed by atoms with Crippen LogP contribution >= 0.6 is 0 Å². The Morgan fingerprint density at radius 1 is 1.11 bits per heavy atom. The predicted octanol–water partition coefficient (Wildman–Crippen LogP) is 3.74. The summed E-state index contributed by atoms with van der Waals surface area (Å²) < 4.78 is 14.2. The summed E-state index contributed by atoms with van der Waals surface area (Å²) in [5.74, 6) is 0.139. The number of halogens is 1. The Kier molecular flexibility index (Phi) is 5.75. The molecule has 1 fully saturated rings. The zero-order valence-electron chi connectivity index (χ0n) is 15.8. The molecule has 0 aliphatic carbocycles. The van der Waals surface area contributed by atoms with Gasteiger partial charge in [-0.2, -0.15) is 5.26 Å². The lowest BCUT2D eigenvalue weighted by Gasteiger charge is -2.35. The molecular weight excluding hydrogens is 341 g/mol. The molecule has 1 aliphatic heterocycles. The third-order valence-electron chi connectivity index (χ3n) is 4.78. The molecule has 3 rings (SSSR count). The highest BCUT2D eigenvalue weighted by Crippen LogP contribution is 2.23. The summed E-state index contributed by atoms with van der Waals surface area (Å²) >= 11 is 0. The third-order valence-corrected chi connectivity index (χ3v) is 4.78. The van der Waals surface area contributed by atoms with Gasteiger partial charge in [0.2, 0.25) is 5.91 Å². The topological polar surface area (TPSA) is 47.3 Å². The van der Waals surface area contributed by atoms with Gasteiger partial charge in [0.05, 0.1) is 23.9 Å². The highest BCUT2D eigenvalue weighted by molar-refractivity contribution is 5.83. The van der Waals surface area contributed by atoms with Crippen LogP contribution in [0.25, 0.3) is 0 Å². The SMILES string of the molecule is CC(C)Cc1ccc(CN2CCN(c3ccc(C#N)cc3F)CC2=O)cc1. The second-order valence-electron chi connectivity index (χ2n) is 7.43. The van der Waals surface area contributed by atoms with Gasteiger partial charge in [0, 0.05) is 19.6 Å². The Labute approximate surface area is 159 Å². The van der Waals surface area contributed by atoms with Crippen LogP contribution in [0.3, 0.4) is 0 Å². The van der Waals surface area contributed by atoms with Crippen LogP contribution in [0.5, 0.6) is 0 Å². The summed E-state index contributed by atoms with van der Waals surface area (Å²) in [4.78, 5) is 16.1. The van der Waals surface area contributed by atoms with Crippen LogP contribution < -0.4 is 4.90 Å². The largest absolute Gasteiger partial charge is 0.358 e. The lowest BCUT2D eigenvalue weighted by Crippen LogP contribution is -2.50. The van der Waals surface area contributed by atoms with E-state index >= 15 is 0 Å². The molecule has 0 N–H and O–H groups in total. The number of carbonyl (C=O) groups excluding carboxylic acids is 1. The minimum Gasteiger partial charge on any atom is -0.358 e. The summed E-state index contributed by atoms with van der Waals surface area (Å²) in [5, 5.41) is 8.85. The Morgan fingerprint density at radius 3 is 2.41 bits per heavy atom. The van der Waals surface area contributed by atoms with Crippen LogP contribution in [-0.4, -0.2) is 30.4 Å². The van der Waals surface area contributed by atoms with E-state index in [0.29, 0.717) is 31.2 Å². The fourth-order valence-corrected chi connectivity index (χ4v) is 3.39. The van der Waals surface area contributed by atoms with Gasteiger partial charge in [-0.3, -0.25) is 4.79 Å².